The van der Waals surface area contributed by atoms with E-state index in [1.54, 1.807) is 6.07 Å². The van der Waals surface area contributed by atoms with Crippen LogP contribution in [-0.4, -0.2) is 18.4 Å². The van der Waals surface area contributed by atoms with Gasteiger partial charge < -0.3 is 10.6 Å². The van der Waals surface area contributed by atoms with Crippen molar-refractivity contribution in [2.45, 2.75) is 38.6 Å². The Morgan fingerprint density at radius 3 is 2.80 bits per heavy atom. The summed E-state index contributed by atoms with van der Waals surface area (Å²) in [4.78, 5) is 24.3. The van der Waals surface area contributed by atoms with Gasteiger partial charge in [-0.25, -0.2) is 0 Å². The van der Waals surface area contributed by atoms with Crippen molar-refractivity contribution >= 4 is 11.8 Å². The fourth-order valence-electron chi connectivity index (χ4n) is 3.35. The number of hydrogen-bond donors (Lipinski definition) is 2. The average molecular weight is 336 g/mol. The Kier molecular flexibility index (Phi) is 5.49. The minimum Gasteiger partial charge on any atom is -0.352 e. The third-order valence-electron chi connectivity index (χ3n) is 4.62. The van der Waals surface area contributed by atoms with E-state index in [0.717, 1.165) is 24.8 Å². The smallest absolute Gasteiger partial charge is 0.251 e. The Morgan fingerprint density at radius 1 is 1.12 bits per heavy atom. The van der Waals surface area contributed by atoms with Gasteiger partial charge >= 0.3 is 0 Å². The molecule has 4 heteroatoms. The van der Waals surface area contributed by atoms with E-state index in [4.69, 9.17) is 0 Å². The predicted octanol–water partition coefficient (Wildman–Crippen LogP) is 3.31. The van der Waals surface area contributed by atoms with Gasteiger partial charge in [-0.05, 0) is 49.4 Å². The van der Waals surface area contributed by atoms with Crippen molar-refractivity contribution in [1.29, 1.82) is 0 Å². The van der Waals surface area contributed by atoms with E-state index >= 15 is 0 Å². The Balaban J connectivity index is 1.48. The van der Waals surface area contributed by atoms with Gasteiger partial charge in [-0.1, -0.05) is 42.0 Å². The van der Waals surface area contributed by atoms with Crippen molar-refractivity contribution in [3.05, 3.63) is 70.8 Å². The number of aryl methyl sites for hydroxylation is 2. The molecule has 0 saturated carbocycles. The number of hydrogen-bond acceptors (Lipinski definition) is 2. The first kappa shape index (κ1) is 17.2. The lowest BCUT2D eigenvalue weighted by atomic mass is 9.88. The molecule has 0 heterocycles. The molecule has 4 nitrogen and oxygen atoms in total. The molecule has 130 valence electrons. The molecule has 2 N–H and O–H groups in total. The molecule has 0 aliphatic heterocycles. The molecule has 1 aliphatic rings. The highest BCUT2D eigenvalue weighted by Crippen LogP contribution is 2.29. The van der Waals surface area contributed by atoms with Gasteiger partial charge in [0.25, 0.3) is 5.91 Å². The van der Waals surface area contributed by atoms with Crippen molar-refractivity contribution in [2.75, 3.05) is 6.54 Å². The number of fused-ring (bicyclic) bond motifs is 1. The van der Waals surface area contributed by atoms with Crippen LogP contribution in [0.2, 0.25) is 0 Å². The molecular formula is C21H24N2O2. The fourth-order valence-corrected chi connectivity index (χ4v) is 3.35. The second kappa shape index (κ2) is 7.97. The lowest BCUT2D eigenvalue weighted by molar-refractivity contribution is -0.121. The topological polar surface area (TPSA) is 58.2 Å². The summed E-state index contributed by atoms with van der Waals surface area (Å²) in [6.45, 7) is 2.29. The normalized spacial score (nSPS) is 16.0. The van der Waals surface area contributed by atoms with Crippen LogP contribution < -0.4 is 10.6 Å². The monoisotopic (exact) mass is 336 g/mol. The molecule has 0 spiro atoms. The highest BCUT2D eigenvalue weighted by molar-refractivity contribution is 5.94. The van der Waals surface area contributed by atoms with E-state index in [0.29, 0.717) is 12.1 Å². The lowest BCUT2D eigenvalue weighted by Crippen LogP contribution is -2.34. The molecular weight excluding hydrogens is 312 g/mol. The zero-order chi connectivity index (χ0) is 17.6. The maximum Gasteiger partial charge on any atom is 0.251 e. The summed E-state index contributed by atoms with van der Waals surface area (Å²) >= 11 is 0. The first-order valence-corrected chi connectivity index (χ1v) is 8.85. The number of nitrogens with one attached hydrogen (secondary N) is 2. The van der Waals surface area contributed by atoms with E-state index in [1.807, 2.05) is 37.3 Å². The van der Waals surface area contributed by atoms with Crippen LogP contribution in [0.25, 0.3) is 0 Å². The predicted molar refractivity (Wildman–Crippen MR) is 98.4 cm³/mol. The Labute approximate surface area is 148 Å². The highest BCUT2D eigenvalue weighted by Gasteiger charge is 2.21. The minimum atomic E-state index is -0.139. The van der Waals surface area contributed by atoms with Crippen molar-refractivity contribution in [3.8, 4) is 0 Å². The van der Waals surface area contributed by atoms with Crippen LogP contribution in [0.4, 0.5) is 0 Å². The summed E-state index contributed by atoms with van der Waals surface area (Å²) in [6, 6.07) is 15.8. The van der Waals surface area contributed by atoms with E-state index in [2.05, 4.69) is 22.8 Å². The molecule has 1 unspecified atom stereocenters. The summed E-state index contributed by atoms with van der Waals surface area (Å²) in [5.74, 6) is -0.161. The zero-order valence-electron chi connectivity index (χ0n) is 14.5. The van der Waals surface area contributed by atoms with E-state index in [-0.39, 0.29) is 24.3 Å². The van der Waals surface area contributed by atoms with E-state index < -0.39 is 0 Å². The van der Waals surface area contributed by atoms with Crippen molar-refractivity contribution < 1.29 is 9.59 Å². The van der Waals surface area contributed by atoms with Gasteiger partial charge in [0.15, 0.2) is 0 Å². The quantitative estimate of drug-likeness (QED) is 0.880. The summed E-state index contributed by atoms with van der Waals surface area (Å²) in [5, 5.41) is 5.92. The molecule has 1 atom stereocenters. The third-order valence-corrected chi connectivity index (χ3v) is 4.62. The molecule has 2 aromatic rings. The van der Waals surface area contributed by atoms with Gasteiger partial charge in [0.05, 0.1) is 6.04 Å². The van der Waals surface area contributed by atoms with Gasteiger partial charge in [0.1, 0.15) is 0 Å². The summed E-state index contributed by atoms with van der Waals surface area (Å²) in [5.41, 5.74) is 4.22. The van der Waals surface area contributed by atoms with Crippen molar-refractivity contribution in [3.63, 3.8) is 0 Å². The van der Waals surface area contributed by atoms with Gasteiger partial charge in [0, 0.05) is 18.5 Å². The van der Waals surface area contributed by atoms with Crippen LogP contribution in [0.5, 0.6) is 0 Å². The second-order valence-corrected chi connectivity index (χ2v) is 6.59. The second-order valence-electron chi connectivity index (χ2n) is 6.59. The van der Waals surface area contributed by atoms with Crippen LogP contribution in [0.1, 0.15) is 52.4 Å². The number of amides is 2. The number of carbonyl (C=O) groups excluding carboxylic acids is 2. The van der Waals surface area contributed by atoms with Crippen LogP contribution in [0.15, 0.2) is 48.5 Å². The average Bonchev–Trinajstić information content (AvgIpc) is 2.62. The Morgan fingerprint density at radius 2 is 1.96 bits per heavy atom. The van der Waals surface area contributed by atoms with Crippen LogP contribution in [0.3, 0.4) is 0 Å². The molecule has 25 heavy (non-hydrogen) atoms. The highest BCUT2D eigenvalue weighted by atomic mass is 16.2. The van der Waals surface area contributed by atoms with Gasteiger partial charge in [-0.3, -0.25) is 9.59 Å². The molecule has 1 aliphatic carbocycles. The standard InChI is InChI=1S/C21H24N2O2/c1-15-6-4-9-17(14-15)21(25)22-13-12-20(24)23-19-11-5-8-16-7-2-3-10-18(16)19/h2-4,6-7,9-10,14,19H,5,8,11-13H2,1H3,(H,22,25)(H,23,24). The SMILES string of the molecule is Cc1cccc(C(=O)NCCC(=O)NC2CCCc3ccccc32)c1. The number of rotatable bonds is 5. The minimum absolute atomic E-state index is 0.0220. The van der Waals surface area contributed by atoms with E-state index in [9.17, 15) is 9.59 Å². The van der Waals surface area contributed by atoms with Gasteiger partial charge in [-0.2, -0.15) is 0 Å². The fraction of sp³-hybridized carbons (Fsp3) is 0.333. The van der Waals surface area contributed by atoms with Crippen molar-refractivity contribution in [1.82, 2.24) is 10.6 Å². The lowest BCUT2D eigenvalue weighted by Gasteiger charge is -2.26. The first-order chi connectivity index (χ1) is 12.1. The third kappa shape index (κ3) is 4.47. The zero-order valence-corrected chi connectivity index (χ0v) is 14.5. The largest absolute Gasteiger partial charge is 0.352 e. The molecule has 0 bridgehead atoms. The number of carbonyl (C=O) groups is 2. The molecule has 0 aromatic heterocycles. The van der Waals surface area contributed by atoms with Crippen molar-refractivity contribution in [2.24, 2.45) is 0 Å². The van der Waals surface area contributed by atoms with Gasteiger partial charge in [0.2, 0.25) is 5.91 Å². The van der Waals surface area contributed by atoms with Crippen LogP contribution >= 0.6 is 0 Å². The van der Waals surface area contributed by atoms with Crippen LogP contribution in [-0.2, 0) is 11.2 Å². The first-order valence-electron chi connectivity index (χ1n) is 8.85. The van der Waals surface area contributed by atoms with E-state index in [1.165, 1.54) is 11.1 Å². The molecule has 0 saturated heterocycles. The maximum absolute atomic E-state index is 12.2. The molecule has 0 radical (unpaired) electrons. The van der Waals surface area contributed by atoms with Gasteiger partial charge in [-0.15, -0.1) is 0 Å². The van der Waals surface area contributed by atoms with Crippen LogP contribution in [0, 0.1) is 6.92 Å². The number of benzene rings is 2. The molecule has 2 amide bonds. The maximum atomic E-state index is 12.2. The molecule has 3 rings (SSSR count). The molecule has 0 fully saturated rings. The summed E-state index contributed by atoms with van der Waals surface area (Å²) in [6.07, 6.45) is 3.43. The Hall–Kier alpha value is -2.62. The Bertz CT molecular complexity index is 770. The summed E-state index contributed by atoms with van der Waals surface area (Å²) < 4.78 is 0. The molecule has 2 aromatic carbocycles. The summed E-state index contributed by atoms with van der Waals surface area (Å²) in [7, 11) is 0.